The van der Waals surface area contributed by atoms with Crippen molar-refractivity contribution < 1.29 is 0 Å². The van der Waals surface area contributed by atoms with E-state index in [4.69, 9.17) is 0 Å². The standard InChI is InChI=1S/C15H19BrN4S/c1-11-14(16)8-13(21-11)9-19-12-4-2-7-20(10-12)15-17-5-3-6-18-15/h3,5-6,8,12,19H,2,4,7,9-10H2,1H3. The summed E-state index contributed by atoms with van der Waals surface area (Å²) in [6, 6.07) is 4.58. The Kier molecular flexibility index (Phi) is 4.87. The number of nitrogens with one attached hydrogen (secondary N) is 1. The van der Waals surface area contributed by atoms with Gasteiger partial charge in [0.05, 0.1) is 0 Å². The number of aromatic nitrogens is 2. The quantitative estimate of drug-likeness (QED) is 0.900. The Morgan fingerprint density at radius 2 is 2.24 bits per heavy atom. The van der Waals surface area contributed by atoms with Crippen LogP contribution in [0.3, 0.4) is 0 Å². The zero-order valence-electron chi connectivity index (χ0n) is 12.1. The van der Waals surface area contributed by atoms with Crippen molar-refractivity contribution in [2.24, 2.45) is 0 Å². The van der Waals surface area contributed by atoms with Gasteiger partial charge >= 0.3 is 0 Å². The highest BCUT2D eigenvalue weighted by molar-refractivity contribution is 9.10. The van der Waals surface area contributed by atoms with E-state index in [1.807, 2.05) is 29.8 Å². The lowest BCUT2D eigenvalue weighted by atomic mass is 10.1. The maximum absolute atomic E-state index is 4.35. The molecule has 6 heteroatoms. The van der Waals surface area contributed by atoms with E-state index in [-0.39, 0.29) is 0 Å². The molecule has 1 N–H and O–H groups in total. The van der Waals surface area contributed by atoms with Gasteiger partial charge in [-0.25, -0.2) is 9.97 Å². The maximum atomic E-state index is 4.35. The van der Waals surface area contributed by atoms with Crippen LogP contribution in [0.4, 0.5) is 5.95 Å². The minimum atomic E-state index is 0.503. The molecule has 21 heavy (non-hydrogen) atoms. The van der Waals surface area contributed by atoms with Crippen LogP contribution in [0.15, 0.2) is 29.0 Å². The molecule has 4 nitrogen and oxygen atoms in total. The molecule has 0 aromatic carbocycles. The number of hydrogen-bond acceptors (Lipinski definition) is 5. The molecule has 1 aliphatic rings. The van der Waals surface area contributed by atoms with Crippen LogP contribution in [0.2, 0.25) is 0 Å². The number of halogens is 1. The average molecular weight is 367 g/mol. The Balaban J connectivity index is 1.56. The number of aryl methyl sites for hydroxylation is 1. The van der Waals surface area contributed by atoms with Crippen molar-refractivity contribution in [3.05, 3.63) is 38.8 Å². The van der Waals surface area contributed by atoms with Gasteiger partial charge < -0.3 is 10.2 Å². The zero-order chi connectivity index (χ0) is 14.7. The highest BCUT2D eigenvalue weighted by Crippen LogP contribution is 2.26. The largest absolute Gasteiger partial charge is 0.339 e. The first kappa shape index (κ1) is 14.9. The second-order valence-electron chi connectivity index (χ2n) is 5.33. The smallest absolute Gasteiger partial charge is 0.225 e. The summed E-state index contributed by atoms with van der Waals surface area (Å²) >= 11 is 5.43. The van der Waals surface area contributed by atoms with Gasteiger partial charge in [-0.3, -0.25) is 0 Å². The lowest BCUT2D eigenvalue weighted by Crippen LogP contribution is -2.46. The molecule has 1 unspecified atom stereocenters. The number of thiophene rings is 1. The first-order chi connectivity index (χ1) is 10.2. The molecule has 0 aliphatic carbocycles. The lowest BCUT2D eigenvalue weighted by molar-refractivity contribution is 0.419. The predicted octanol–water partition coefficient (Wildman–Crippen LogP) is 3.37. The Bertz CT molecular complexity index is 567. The van der Waals surface area contributed by atoms with E-state index in [0.29, 0.717) is 6.04 Å². The monoisotopic (exact) mass is 366 g/mol. The fraction of sp³-hybridized carbons (Fsp3) is 0.467. The molecule has 2 aromatic rings. The number of nitrogens with zero attached hydrogens (tertiary/aromatic N) is 3. The van der Waals surface area contributed by atoms with Gasteiger partial charge in [-0.15, -0.1) is 11.3 Å². The van der Waals surface area contributed by atoms with E-state index in [1.165, 1.54) is 27.1 Å². The second kappa shape index (κ2) is 6.85. The van der Waals surface area contributed by atoms with Gasteiger partial charge in [0.25, 0.3) is 0 Å². The lowest BCUT2D eigenvalue weighted by Gasteiger charge is -2.33. The van der Waals surface area contributed by atoms with E-state index in [1.54, 1.807) is 0 Å². The first-order valence-electron chi connectivity index (χ1n) is 7.22. The number of rotatable bonds is 4. The van der Waals surface area contributed by atoms with Crippen LogP contribution in [0.25, 0.3) is 0 Å². The summed E-state index contributed by atoms with van der Waals surface area (Å²) in [5.74, 6) is 0.846. The summed E-state index contributed by atoms with van der Waals surface area (Å²) in [7, 11) is 0. The van der Waals surface area contributed by atoms with Crippen LogP contribution in [0.1, 0.15) is 22.6 Å². The van der Waals surface area contributed by atoms with Gasteiger partial charge in [0.2, 0.25) is 5.95 Å². The van der Waals surface area contributed by atoms with Gasteiger partial charge in [0.15, 0.2) is 0 Å². The van der Waals surface area contributed by atoms with Crippen LogP contribution in [0.5, 0.6) is 0 Å². The molecule has 0 bridgehead atoms. The summed E-state index contributed by atoms with van der Waals surface area (Å²) < 4.78 is 1.22. The molecule has 1 aliphatic heterocycles. The van der Waals surface area contributed by atoms with Crippen molar-refractivity contribution in [1.29, 1.82) is 0 Å². The topological polar surface area (TPSA) is 41.0 Å². The predicted molar refractivity (Wildman–Crippen MR) is 90.9 cm³/mol. The van der Waals surface area contributed by atoms with Crippen LogP contribution in [0, 0.1) is 6.92 Å². The Hall–Kier alpha value is -0.980. The van der Waals surface area contributed by atoms with Gasteiger partial charge in [-0.1, -0.05) is 0 Å². The van der Waals surface area contributed by atoms with Crippen molar-refractivity contribution in [2.45, 2.75) is 32.4 Å². The average Bonchev–Trinajstić information content (AvgIpc) is 2.85. The van der Waals surface area contributed by atoms with E-state index in [2.05, 4.69) is 49.1 Å². The summed E-state index contributed by atoms with van der Waals surface area (Å²) in [6.07, 6.45) is 6.02. The van der Waals surface area contributed by atoms with Crippen LogP contribution >= 0.6 is 27.3 Å². The van der Waals surface area contributed by atoms with Crippen molar-refractivity contribution in [2.75, 3.05) is 18.0 Å². The first-order valence-corrected chi connectivity index (χ1v) is 8.83. The molecule has 2 aromatic heterocycles. The molecule has 112 valence electrons. The number of anilines is 1. The van der Waals surface area contributed by atoms with E-state index < -0.39 is 0 Å². The van der Waals surface area contributed by atoms with Crippen LogP contribution in [-0.2, 0) is 6.54 Å². The summed E-state index contributed by atoms with van der Waals surface area (Å²) in [5.41, 5.74) is 0. The minimum Gasteiger partial charge on any atom is -0.339 e. The maximum Gasteiger partial charge on any atom is 0.225 e. The Morgan fingerprint density at radius 3 is 2.95 bits per heavy atom. The summed E-state index contributed by atoms with van der Waals surface area (Å²) in [6.45, 7) is 5.11. The minimum absolute atomic E-state index is 0.503. The normalized spacial score (nSPS) is 19.0. The third-order valence-corrected chi connectivity index (χ3v) is 5.87. The molecular weight excluding hydrogens is 348 g/mol. The molecule has 0 amide bonds. The van der Waals surface area contributed by atoms with E-state index in [0.717, 1.165) is 25.6 Å². The molecule has 1 saturated heterocycles. The summed E-state index contributed by atoms with van der Waals surface area (Å²) in [4.78, 5) is 13.7. The van der Waals surface area contributed by atoms with Gasteiger partial charge in [0.1, 0.15) is 0 Å². The number of piperidine rings is 1. The van der Waals surface area contributed by atoms with Gasteiger partial charge in [-0.05, 0) is 47.8 Å². The molecule has 0 radical (unpaired) electrons. The fourth-order valence-electron chi connectivity index (χ4n) is 2.63. The van der Waals surface area contributed by atoms with Crippen LogP contribution in [-0.4, -0.2) is 29.1 Å². The fourth-order valence-corrected chi connectivity index (χ4v) is 4.18. The molecule has 0 spiro atoms. The van der Waals surface area contributed by atoms with E-state index in [9.17, 15) is 0 Å². The molecule has 3 rings (SSSR count). The third-order valence-electron chi connectivity index (χ3n) is 3.73. The Morgan fingerprint density at radius 1 is 1.43 bits per heavy atom. The van der Waals surface area contributed by atoms with Crippen molar-refractivity contribution in [3.8, 4) is 0 Å². The SMILES string of the molecule is Cc1sc(CNC2CCCN(c3ncccn3)C2)cc1Br. The molecular formula is C15H19BrN4S. The van der Waals surface area contributed by atoms with Gasteiger partial charge in [0, 0.05) is 52.3 Å². The molecule has 1 fully saturated rings. The Labute approximate surface area is 137 Å². The molecule has 1 atom stereocenters. The van der Waals surface area contributed by atoms with Gasteiger partial charge in [-0.2, -0.15) is 0 Å². The highest BCUT2D eigenvalue weighted by Gasteiger charge is 2.21. The number of hydrogen-bond donors (Lipinski definition) is 1. The van der Waals surface area contributed by atoms with Crippen LogP contribution < -0.4 is 10.2 Å². The molecule has 0 saturated carbocycles. The third kappa shape index (κ3) is 3.81. The van der Waals surface area contributed by atoms with Crippen molar-refractivity contribution >= 4 is 33.2 Å². The highest BCUT2D eigenvalue weighted by atomic mass is 79.9. The summed E-state index contributed by atoms with van der Waals surface area (Å²) in [5, 5.41) is 3.67. The second-order valence-corrected chi connectivity index (χ2v) is 7.53. The van der Waals surface area contributed by atoms with E-state index >= 15 is 0 Å². The van der Waals surface area contributed by atoms with Crippen molar-refractivity contribution in [1.82, 2.24) is 15.3 Å². The molecule has 3 heterocycles. The zero-order valence-corrected chi connectivity index (χ0v) is 14.5. The van der Waals surface area contributed by atoms with Crippen molar-refractivity contribution in [3.63, 3.8) is 0 Å².